The van der Waals surface area contributed by atoms with Gasteiger partial charge < -0.3 is 14.5 Å². The second-order valence-electron chi connectivity index (χ2n) is 7.84. The van der Waals surface area contributed by atoms with E-state index in [1.165, 1.54) is 0 Å². The molecule has 5 rings (SSSR count). The number of anilines is 2. The monoisotopic (exact) mass is 484 g/mol. The topological polar surface area (TPSA) is 101 Å². The maximum atomic E-state index is 13.0. The fourth-order valence-corrected chi connectivity index (χ4v) is 4.81. The van der Waals surface area contributed by atoms with Gasteiger partial charge in [-0.25, -0.2) is 4.98 Å². The van der Waals surface area contributed by atoms with E-state index in [9.17, 15) is 9.59 Å². The summed E-state index contributed by atoms with van der Waals surface area (Å²) < 4.78 is 5.67. The van der Waals surface area contributed by atoms with Gasteiger partial charge >= 0.3 is 0 Å². The Kier molecular flexibility index (Phi) is 6.10. The van der Waals surface area contributed by atoms with Crippen molar-refractivity contribution >= 4 is 45.7 Å². The highest BCUT2D eigenvalue weighted by atomic mass is 35.5. The number of pyridine rings is 1. The number of amides is 2. The Labute approximate surface area is 199 Å². The first-order chi connectivity index (χ1) is 16.1. The van der Waals surface area contributed by atoms with Crippen LogP contribution in [0.4, 0.5) is 10.9 Å². The quantitative estimate of drug-likeness (QED) is 0.573. The number of carbonyl (C=O) groups excluding carboxylic acids is 2. The zero-order valence-electron chi connectivity index (χ0n) is 17.6. The summed E-state index contributed by atoms with van der Waals surface area (Å²) in [5.74, 6) is 0.505. The molecule has 0 spiro atoms. The highest BCUT2D eigenvalue weighted by molar-refractivity contribution is 7.17. The van der Waals surface area contributed by atoms with Crippen molar-refractivity contribution in [1.29, 1.82) is 0 Å². The van der Waals surface area contributed by atoms with Crippen LogP contribution in [0.1, 0.15) is 28.8 Å². The summed E-state index contributed by atoms with van der Waals surface area (Å²) in [6, 6.07) is 11.0. The first kappa shape index (κ1) is 21.6. The Bertz CT molecular complexity index is 1170. The van der Waals surface area contributed by atoms with Crippen molar-refractivity contribution < 1.29 is 14.3 Å². The van der Waals surface area contributed by atoms with E-state index in [2.05, 4.69) is 25.4 Å². The summed E-state index contributed by atoms with van der Waals surface area (Å²) in [5.41, 5.74) is 1.40. The van der Waals surface area contributed by atoms with E-state index < -0.39 is 0 Å². The van der Waals surface area contributed by atoms with Crippen molar-refractivity contribution in [3.8, 4) is 5.19 Å². The Morgan fingerprint density at radius 1 is 1.21 bits per heavy atom. The molecule has 3 aromatic rings. The van der Waals surface area contributed by atoms with Crippen LogP contribution in [0.5, 0.6) is 5.19 Å². The molecular formula is C22H21ClN6O3S. The number of hydrogen-bond acceptors (Lipinski definition) is 8. The maximum absolute atomic E-state index is 13.0. The summed E-state index contributed by atoms with van der Waals surface area (Å²) in [4.78, 5) is 33.5. The molecule has 0 aliphatic carbocycles. The van der Waals surface area contributed by atoms with Gasteiger partial charge in [-0.15, -0.1) is 5.10 Å². The Morgan fingerprint density at radius 3 is 2.91 bits per heavy atom. The number of ether oxygens (including phenoxy) is 1. The van der Waals surface area contributed by atoms with E-state index in [0.717, 1.165) is 23.3 Å². The molecule has 2 saturated heterocycles. The molecule has 0 saturated carbocycles. The molecule has 1 aromatic carbocycles. The van der Waals surface area contributed by atoms with Crippen LogP contribution < -0.4 is 15.0 Å². The van der Waals surface area contributed by atoms with Gasteiger partial charge in [0, 0.05) is 43.3 Å². The van der Waals surface area contributed by atoms with E-state index in [-0.39, 0.29) is 17.9 Å². The van der Waals surface area contributed by atoms with Crippen LogP contribution in [0.15, 0.2) is 42.6 Å². The van der Waals surface area contributed by atoms with Gasteiger partial charge in [-0.1, -0.05) is 28.8 Å². The van der Waals surface area contributed by atoms with Crippen LogP contribution in [0.3, 0.4) is 0 Å². The van der Waals surface area contributed by atoms with Crippen LogP contribution in [-0.4, -0.2) is 57.6 Å². The molecule has 0 bridgehead atoms. The van der Waals surface area contributed by atoms with Crippen LogP contribution in [0.25, 0.3) is 0 Å². The summed E-state index contributed by atoms with van der Waals surface area (Å²) in [5, 5.41) is 12.2. The molecule has 11 heteroatoms. The van der Waals surface area contributed by atoms with E-state index in [1.807, 2.05) is 17.0 Å². The normalized spacial score (nSPS) is 17.7. The summed E-state index contributed by atoms with van der Waals surface area (Å²) in [6.45, 7) is 2.28. The number of fused-ring (bicyclic) bond motifs is 1. The number of halogens is 1. The fraction of sp³-hybridized carbons (Fsp3) is 0.318. The molecule has 0 radical (unpaired) electrons. The van der Waals surface area contributed by atoms with Gasteiger partial charge in [0.15, 0.2) is 0 Å². The summed E-state index contributed by atoms with van der Waals surface area (Å²) in [7, 11) is 0. The molecule has 0 unspecified atom stereocenters. The predicted molar refractivity (Wildman–Crippen MR) is 125 cm³/mol. The molecule has 2 aliphatic rings. The Hall–Kier alpha value is -3.24. The number of aromatic nitrogens is 3. The number of piperazine rings is 1. The lowest BCUT2D eigenvalue weighted by molar-refractivity contribution is -0.129. The number of nitrogens with zero attached hydrogens (tertiary/aromatic N) is 5. The van der Waals surface area contributed by atoms with E-state index >= 15 is 0 Å². The van der Waals surface area contributed by atoms with E-state index in [4.69, 9.17) is 16.3 Å². The third-order valence-electron chi connectivity index (χ3n) is 5.73. The average Bonchev–Trinajstić information content (AvgIpc) is 3.44. The lowest BCUT2D eigenvalue weighted by Gasteiger charge is -2.38. The van der Waals surface area contributed by atoms with Gasteiger partial charge in [-0.2, -0.15) is 0 Å². The second kappa shape index (κ2) is 9.32. The highest BCUT2D eigenvalue weighted by Gasteiger charge is 2.36. The SMILES string of the molecule is O=C(Nc1nnc(OCc2ccc(Cl)cc2)s1)c1cccnc1N1CCN2C(=O)CC[C@@H]2C1. The average molecular weight is 485 g/mol. The number of benzene rings is 1. The molecule has 170 valence electrons. The first-order valence-electron chi connectivity index (χ1n) is 10.6. The predicted octanol–water partition coefficient (Wildman–Crippen LogP) is 3.23. The minimum atomic E-state index is -0.316. The van der Waals surface area contributed by atoms with Crippen molar-refractivity contribution in [2.75, 3.05) is 29.9 Å². The molecule has 4 heterocycles. The molecule has 33 heavy (non-hydrogen) atoms. The summed E-state index contributed by atoms with van der Waals surface area (Å²) >= 11 is 7.05. The van der Waals surface area contributed by atoms with Crippen molar-refractivity contribution in [3.63, 3.8) is 0 Å². The third kappa shape index (κ3) is 4.76. The lowest BCUT2D eigenvalue weighted by Crippen LogP contribution is -2.52. The van der Waals surface area contributed by atoms with Crippen LogP contribution in [0, 0.1) is 0 Å². The maximum Gasteiger partial charge on any atom is 0.296 e. The van der Waals surface area contributed by atoms with Gasteiger partial charge in [0.1, 0.15) is 12.4 Å². The lowest BCUT2D eigenvalue weighted by atomic mass is 10.1. The number of nitrogens with one attached hydrogen (secondary N) is 1. The molecule has 2 aliphatic heterocycles. The van der Waals surface area contributed by atoms with Crippen LogP contribution in [-0.2, 0) is 11.4 Å². The summed E-state index contributed by atoms with van der Waals surface area (Å²) in [6.07, 6.45) is 3.10. The minimum Gasteiger partial charge on any atom is -0.464 e. The third-order valence-corrected chi connectivity index (χ3v) is 6.73. The van der Waals surface area contributed by atoms with Crippen LogP contribution in [0.2, 0.25) is 5.02 Å². The number of carbonyl (C=O) groups is 2. The molecular weight excluding hydrogens is 464 g/mol. The zero-order valence-corrected chi connectivity index (χ0v) is 19.2. The Balaban J connectivity index is 1.24. The smallest absolute Gasteiger partial charge is 0.296 e. The highest BCUT2D eigenvalue weighted by Crippen LogP contribution is 2.28. The van der Waals surface area contributed by atoms with Gasteiger partial charge in [0.05, 0.1) is 5.56 Å². The van der Waals surface area contributed by atoms with Crippen molar-refractivity contribution in [1.82, 2.24) is 20.1 Å². The molecule has 2 aromatic heterocycles. The Morgan fingerprint density at radius 2 is 2.06 bits per heavy atom. The van der Waals surface area contributed by atoms with Gasteiger partial charge in [0.2, 0.25) is 11.0 Å². The molecule has 2 fully saturated rings. The molecule has 1 atom stereocenters. The molecule has 2 amide bonds. The molecule has 1 N–H and O–H groups in total. The minimum absolute atomic E-state index is 0.174. The fourth-order valence-electron chi connectivity index (χ4n) is 4.09. The van der Waals surface area contributed by atoms with Crippen molar-refractivity contribution in [3.05, 3.63) is 58.7 Å². The van der Waals surface area contributed by atoms with Crippen molar-refractivity contribution in [2.24, 2.45) is 0 Å². The second-order valence-corrected chi connectivity index (χ2v) is 9.22. The van der Waals surface area contributed by atoms with Crippen LogP contribution >= 0.6 is 22.9 Å². The van der Waals surface area contributed by atoms with Gasteiger partial charge in [-0.3, -0.25) is 14.9 Å². The zero-order chi connectivity index (χ0) is 22.8. The molecule has 9 nitrogen and oxygen atoms in total. The standard InChI is InChI=1S/C22H21ClN6O3S/c23-15-5-3-14(4-6-15)13-32-22-27-26-21(33-22)25-20(31)17-2-1-9-24-19(17)28-10-11-29-16(12-28)7-8-18(29)30/h1-6,9,16H,7-8,10-13H2,(H,25,26,31)/t16-/m1/s1. The van der Waals surface area contributed by atoms with Crippen molar-refractivity contribution in [2.45, 2.75) is 25.5 Å². The van der Waals surface area contributed by atoms with E-state index in [0.29, 0.717) is 59.4 Å². The van der Waals surface area contributed by atoms with E-state index in [1.54, 1.807) is 30.5 Å². The number of hydrogen-bond donors (Lipinski definition) is 1. The first-order valence-corrected chi connectivity index (χ1v) is 11.8. The number of rotatable bonds is 6. The van der Waals surface area contributed by atoms with Gasteiger partial charge in [0.25, 0.3) is 11.1 Å². The van der Waals surface area contributed by atoms with Gasteiger partial charge in [-0.05, 0) is 47.6 Å². The largest absolute Gasteiger partial charge is 0.464 e.